The van der Waals surface area contributed by atoms with Crippen molar-refractivity contribution in [1.29, 1.82) is 0 Å². The van der Waals surface area contributed by atoms with E-state index in [0.29, 0.717) is 11.1 Å². The number of aromatic nitrogens is 4. The lowest BCUT2D eigenvalue weighted by atomic mass is 10.2. The Balaban J connectivity index is 1.59. The predicted molar refractivity (Wildman–Crippen MR) is 109 cm³/mol. The van der Waals surface area contributed by atoms with Gasteiger partial charge in [-0.05, 0) is 32.0 Å². The highest BCUT2D eigenvalue weighted by Gasteiger charge is 2.20. The van der Waals surface area contributed by atoms with Crippen molar-refractivity contribution in [2.75, 3.05) is 0 Å². The molecule has 1 aromatic carbocycles. The van der Waals surface area contributed by atoms with Gasteiger partial charge in [0, 0.05) is 16.2 Å². The Morgan fingerprint density at radius 1 is 1.22 bits per heavy atom. The molecule has 0 spiro atoms. The van der Waals surface area contributed by atoms with Gasteiger partial charge in [0.05, 0.1) is 28.4 Å². The maximum atomic E-state index is 12.7. The third-order valence-electron chi connectivity index (χ3n) is 4.23. The molecular formula is C19H16BrN5OS. The van der Waals surface area contributed by atoms with Crippen molar-refractivity contribution in [3.8, 4) is 10.6 Å². The van der Waals surface area contributed by atoms with Crippen LogP contribution in [0.1, 0.15) is 33.9 Å². The van der Waals surface area contributed by atoms with Crippen molar-refractivity contribution >= 4 is 38.7 Å². The molecule has 1 atom stereocenters. The molecular weight excluding hydrogens is 426 g/mol. The quantitative estimate of drug-likeness (QED) is 0.508. The van der Waals surface area contributed by atoms with Crippen LogP contribution in [-0.2, 0) is 0 Å². The first kappa shape index (κ1) is 17.8. The van der Waals surface area contributed by atoms with Crippen LogP contribution in [0.2, 0.25) is 0 Å². The average molecular weight is 442 g/mol. The zero-order valence-electron chi connectivity index (χ0n) is 14.7. The molecule has 0 saturated carbocycles. The van der Waals surface area contributed by atoms with Crippen LogP contribution >= 0.6 is 27.3 Å². The number of nitrogens with one attached hydrogen (secondary N) is 1. The Morgan fingerprint density at radius 3 is 2.85 bits per heavy atom. The summed E-state index contributed by atoms with van der Waals surface area (Å²) in [5, 5.41) is 12.2. The van der Waals surface area contributed by atoms with E-state index in [1.807, 2.05) is 44.2 Å². The van der Waals surface area contributed by atoms with E-state index in [-0.39, 0.29) is 11.9 Å². The molecule has 27 heavy (non-hydrogen) atoms. The molecule has 0 fully saturated rings. The highest BCUT2D eigenvalue weighted by Crippen LogP contribution is 2.35. The summed E-state index contributed by atoms with van der Waals surface area (Å²) in [6.45, 7) is 3.93. The van der Waals surface area contributed by atoms with Gasteiger partial charge in [0.15, 0.2) is 0 Å². The summed E-state index contributed by atoms with van der Waals surface area (Å²) in [6, 6.07) is 11.4. The monoisotopic (exact) mass is 441 g/mol. The molecule has 6 nitrogen and oxygen atoms in total. The molecule has 3 heterocycles. The standard InChI is InChI=1S/C19H16BrN5OS/c1-11(23-18(26)14-10-22-25-16(14)8-5-9-21-25)17-12(2)24-19(27-17)13-6-3-4-7-15(13)20/h3-11H,1-2H3,(H,23,26). The fraction of sp³-hybridized carbons (Fsp3) is 0.158. The predicted octanol–water partition coefficient (Wildman–Crippen LogP) is 4.41. The van der Waals surface area contributed by atoms with Crippen LogP contribution < -0.4 is 5.32 Å². The van der Waals surface area contributed by atoms with Crippen molar-refractivity contribution in [3.05, 3.63) is 69.4 Å². The molecule has 1 N–H and O–H groups in total. The van der Waals surface area contributed by atoms with Gasteiger partial charge < -0.3 is 5.32 Å². The number of rotatable bonds is 4. The van der Waals surface area contributed by atoms with E-state index in [1.165, 1.54) is 10.8 Å². The second-order valence-electron chi connectivity index (χ2n) is 6.10. The zero-order chi connectivity index (χ0) is 19.0. The van der Waals surface area contributed by atoms with Crippen molar-refractivity contribution in [1.82, 2.24) is 25.1 Å². The molecule has 0 aliphatic rings. The SMILES string of the molecule is Cc1nc(-c2ccccc2Br)sc1C(C)NC(=O)c1cnn2ncccc12. The fourth-order valence-corrected chi connectivity index (χ4v) is 4.62. The van der Waals surface area contributed by atoms with E-state index in [0.717, 1.165) is 25.6 Å². The average Bonchev–Trinajstić information content (AvgIpc) is 3.25. The second-order valence-corrected chi connectivity index (χ2v) is 7.99. The van der Waals surface area contributed by atoms with Crippen molar-refractivity contribution in [2.24, 2.45) is 0 Å². The van der Waals surface area contributed by atoms with Gasteiger partial charge in [-0.1, -0.05) is 34.1 Å². The van der Waals surface area contributed by atoms with Crippen molar-refractivity contribution in [3.63, 3.8) is 0 Å². The first-order chi connectivity index (χ1) is 13.0. The number of carbonyl (C=O) groups is 1. The number of halogens is 1. The summed E-state index contributed by atoms with van der Waals surface area (Å²) in [4.78, 5) is 18.5. The van der Waals surface area contributed by atoms with Gasteiger partial charge in [-0.2, -0.15) is 14.8 Å². The number of amides is 1. The third-order valence-corrected chi connectivity index (χ3v) is 6.29. The van der Waals surface area contributed by atoms with Gasteiger partial charge in [0.25, 0.3) is 5.91 Å². The number of hydrogen-bond donors (Lipinski definition) is 1. The van der Waals surface area contributed by atoms with Crippen LogP contribution in [0.3, 0.4) is 0 Å². The first-order valence-electron chi connectivity index (χ1n) is 8.36. The van der Waals surface area contributed by atoms with Gasteiger partial charge in [-0.15, -0.1) is 11.3 Å². The minimum Gasteiger partial charge on any atom is -0.345 e. The number of fused-ring (bicyclic) bond motifs is 1. The van der Waals surface area contributed by atoms with E-state index in [9.17, 15) is 4.79 Å². The Labute approximate surface area is 168 Å². The van der Waals surface area contributed by atoms with Crippen LogP contribution in [0.15, 0.2) is 53.3 Å². The number of hydrogen-bond acceptors (Lipinski definition) is 5. The number of nitrogens with zero attached hydrogens (tertiary/aromatic N) is 4. The lowest BCUT2D eigenvalue weighted by Crippen LogP contribution is -2.26. The number of carbonyl (C=O) groups excluding carboxylic acids is 1. The summed E-state index contributed by atoms with van der Waals surface area (Å²) in [7, 11) is 0. The van der Waals surface area contributed by atoms with Crippen LogP contribution in [0.4, 0.5) is 0 Å². The minimum atomic E-state index is -0.180. The molecule has 3 aromatic heterocycles. The Bertz CT molecular complexity index is 1140. The van der Waals surface area contributed by atoms with Crippen LogP contribution in [0, 0.1) is 6.92 Å². The Hall–Kier alpha value is -2.58. The third kappa shape index (κ3) is 3.38. The van der Waals surface area contributed by atoms with Crippen molar-refractivity contribution in [2.45, 2.75) is 19.9 Å². The molecule has 1 unspecified atom stereocenters. The molecule has 0 aliphatic heterocycles. The number of aryl methyl sites for hydroxylation is 1. The van der Waals surface area contributed by atoms with Crippen molar-refractivity contribution < 1.29 is 4.79 Å². The maximum absolute atomic E-state index is 12.7. The number of thiazole rings is 1. The van der Waals surface area contributed by atoms with E-state index in [2.05, 4.69) is 31.4 Å². The molecule has 0 aliphatic carbocycles. The summed E-state index contributed by atoms with van der Waals surface area (Å²) < 4.78 is 2.45. The van der Waals surface area contributed by atoms with Crippen LogP contribution in [-0.4, -0.2) is 25.7 Å². The summed E-state index contributed by atoms with van der Waals surface area (Å²) in [6.07, 6.45) is 3.17. The Kier molecular flexibility index (Phi) is 4.75. The van der Waals surface area contributed by atoms with Gasteiger partial charge in [0.1, 0.15) is 10.5 Å². The normalized spacial score (nSPS) is 12.3. The summed E-state index contributed by atoms with van der Waals surface area (Å²) in [5.74, 6) is -0.180. The van der Waals surface area contributed by atoms with Gasteiger partial charge in [-0.25, -0.2) is 4.98 Å². The highest BCUT2D eigenvalue weighted by molar-refractivity contribution is 9.10. The number of benzene rings is 1. The lowest BCUT2D eigenvalue weighted by Gasteiger charge is -2.12. The molecule has 8 heteroatoms. The topological polar surface area (TPSA) is 72.2 Å². The van der Waals surface area contributed by atoms with Crippen LogP contribution in [0.25, 0.3) is 16.1 Å². The molecule has 1 amide bonds. The minimum absolute atomic E-state index is 0.169. The highest BCUT2D eigenvalue weighted by atomic mass is 79.9. The maximum Gasteiger partial charge on any atom is 0.255 e. The fourth-order valence-electron chi connectivity index (χ4n) is 2.91. The smallest absolute Gasteiger partial charge is 0.255 e. The zero-order valence-corrected chi connectivity index (χ0v) is 17.1. The largest absolute Gasteiger partial charge is 0.345 e. The van der Waals surface area contributed by atoms with E-state index in [4.69, 9.17) is 4.98 Å². The molecule has 4 aromatic rings. The van der Waals surface area contributed by atoms with Gasteiger partial charge in [0.2, 0.25) is 0 Å². The Morgan fingerprint density at radius 2 is 2.04 bits per heavy atom. The van der Waals surface area contributed by atoms with E-state index >= 15 is 0 Å². The molecule has 0 saturated heterocycles. The van der Waals surface area contributed by atoms with E-state index < -0.39 is 0 Å². The van der Waals surface area contributed by atoms with Gasteiger partial charge in [-0.3, -0.25) is 4.79 Å². The first-order valence-corrected chi connectivity index (χ1v) is 9.97. The molecule has 0 bridgehead atoms. The second kappa shape index (κ2) is 7.21. The van der Waals surface area contributed by atoms with Crippen LogP contribution in [0.5, 0.6) is 0 Å². The molecule has 0 radical (unpaired) electrons. The molecule has 4 rings (SSSR count). The summed E-state index contributed by atoms with van der Waals surface area (Å²) in [5.41, 5.74) is 3.14. The van der Waals surface area contributed by atoms with Gasteiger partial charge >= 0.3 is 0 Å². The van der Waals surface area contributed by atoms with E-state index in [1.54, 1.807) is 23.6 Å². The summed E-state index contributed by atoms with van der Waals surface area (Å²) >= 11 is 5.16. The molecule has 136 valence electrons. The lowest BCUT2D eigenvalue weighted by molar-refractivity contribution is 0.0942.